The first-order valence-corrected chi connectivity index (χ1v) is 11.9. The summed E-state index contributed by atoms with van der Waals surface area (Å²) in [5.74, 6) is -0.997. The SMILES string of the molecule is CCCC(C)NC(=O)OCC1c2cc(C(=O)NCCO)ccc2-c2ccc(C(=O)NCCO)cc21. The van der Waals surface area contributed by atoms with Gasteiger partial charge < -0.3 is 30.9 Å². The minimum atomic E-state index is -0.519. The number of benzene rings is 2. The van der Waals surface area contributed by atoms with E-state index in [0.29, 0.717) is 11.1 Å². The van der Waals surface area contributed by atoms with E-state index >= 15 is 0 Å². The second kappa shape index (κ2) is 12.3. The molecular weight excluding hydrogens is 450 g/mol. The Labute approximate surface area is 204 Å². The highest BCUT2D eigenvalue weighted by atomic mass is 16.5. The van der Waals surface area contributed by atoms with E-state index in [2.05, 4.69) is 16.0 Å². The Morgan fingerprint density at radius 1 is 0.914 bits per heavy atom. The summed E-state index contributed by atoms with van der Waals surface area (Å²) >= 11 is 0. The van der Waals surface area contributed by atoms with Crippen molar-refractivity contribution >= 4 is 17.9 Å². The number of nitrogens with one attached hydrogen (secondary N) is 3. The Balaban J connectivity index is 1.91. The second-order valence-corrected chi connectivity index (χ2v) is 8.55. The first-order chi connectivity index (χ1) is 16.9. The number of carbonyl (C=O) groups excluding carboxylic acids is 3. The van der Waals surface area contributed by atoms with Gasteiger partial charge in [0.15, 0.2) is 0 Å². The number of hydrogen-bond donors (Lipinski definition) is 5. The molecule has 1 aliphatic rings. The van der Waals surface area contributed by atoms with Gasteiger partial charge in [-0.05, 0) is 59.9 Å². The lowest BCUT2D eigenvalue weighted by Crippen LogP contribution is -2.33. The molecule has 35 heavy (non-hydrogen) atoms. The van der Waals surface area contributed by atoms with Gasteiger partial charge in [-0.1, -0.05) is 25.5 Å². The van der Waals surface area contributed by atoms with Crippen molar-refractivity contribution in [3.8, 4) is 11.1 Å². The van der Waals surface area contributed by atoms with E-state index in [0.717, 1.165) is 35.1 Å². The van der Waals surface area contributed by atoms with Crippen LogP contribution in [0.3, 0.4) is 0 Å². The predicted molar refractivity (Wildman–Crippen MR) is 131 cm³/mol. The Hall–Kier alpha value is -3.43. The van der Waals surface area contributed by atoms with Crippen LogP contribution < -0.4 is 16.0 Å². The first kappa shape index (κ1) is 26.2. The number of hydrogen-bond acceptors (Lipinski definition) is 6. The summed E-state index contributed by atoms with van der Waals surface area (Å²) in [6.07, 6.45) is 1.25. The Morgan fingerprint density at radius 3 is 1.89 bits per heavy atom. The van der Waals surface area contributed by atoms with Crippen molar-refractivity contribution in [2.24, 2.45) is 0 Å². The van der Waals surface area contributed by atoms with Crippen molar-refractivity contribution in [1.29, 1.82) is 0 Å². The van der Waals surface area contributed by atoms with E-state index in [1.54, 1.807) is 24.3 Å². The van der Waals surface area contributed by atoms with Gasteiger partial charge in [-0.3, -0.25) is 9.59 Å². The molecule has 3 amide bonds. The molecule has 0 saturated heterocycles. The molecule has 1 atom stereocenters. The van der Waals surface area contributed by atoms with Crippen molar-refractivity contribution in [2.45, 2.75) is 38.6 Å². The van der Waals surface area contributed by atoms with E-state index in [9.17, 15) is 14.4 Å². The van der Waals surface area contributed by atoms with Crippen LogP contribution in [0.25, 0.3) is 11.1 Å². The molecule has 0 spiro atoms. The van der Waals surface area contributed by atoms with Crippen molar-refractivity contribution < 1.29 is 29.3 Å². The fourth-order valence-corrected chi connectivity index (χ4v) is 4.27. The molecule has 9 nitrogen and oxygen atoms in total. The molecule has 0 radical (unpaired) electrons. The summed E-state index contributed by atoms with van der Waals surface area (Å²) < 4.78 is 5.57. The maximum absolute atomic E-state index is 12.5. The third-order valence-corrected chi connectivity index (χ3v) is 5.93. The van der Waals surface area contributed by atoms with E-state index in [4.69, 9.17) is 14.9 Å². The molecule has 3 rings (SSSR count). The predicted octanol–water partition coefficient (Wildman–Crippen LogP) is 2.16. The quantitative estimate of drug-likeness (QED) is 0.332. The normalized spacial score (nSPS) is 12.9. The fraction of sp³-hybridized carbons (Fsp3) is 0.423. The van der Waals surface area contributed by atoms with Gasteiger partial charge in [-0.2, -0.15) is 0 Å². The van der Waals surface area contributed by atoms with E-state index in [1.165, 1.54) is 0 Å². The van der Waals surface area contributed by atoms with Crippen LogP contribution in [0, 0.1) is 0 Å². The maximum atomic E-state index is 12.5. The van der Waals surface area contributed by atoms with Gasteiger partial charge in [-0.25, -0.2) is 4.79 Å². The highest BCUT2D eigenvalue weighted by Gasteiger charge is 2.31. The lowest BCUT2D eigenvalue weighted by Gasteiger charge is -2.17. The molecule has 2 aromatic carbocycles. The van der Waals surface area contributed by atoms with Crippen molar-refractivity contribution in [2.75, 3.05) is 32.9 Å². The number of alkyl carbamates (subject to hydrolysis) is 1. The average molecular weight is 484 g/mol. The monoisotopic (exact) mass is 483 g/mol. The number of aliphatic hydroxyl groups excluding tert-OH is 2. The van der Waals surface area contributed by atoms with E-state index in [1.807, 2.05) is 26.0 Å². The van der Waals surface area contributed by atoms with Crippen LogP contribution in [0.5, 0.6) is 0 Å². The summed E-state index contributed by atoms with van der Waals surface area (Å²) in [7, 11) is 0. The van der Waals surface area contributed by atoms with Crippen molar-refractivity contribution in [3.05, 3.63) is 58.7 Å². The van der Waals surface area contributed by atoms with Gasteiger partial charge in [0.25, 0.3) is 11.8 Å². The Morgan fingerprint density at radius 2 is 1.43 bits per heavy atom. The zero-order chi connectivity index (χ0) is 25.4. The summed E-state index contributed by atoms with van der Waals surface area (Å²) in [5.41, 5.74) is 4.29. The highest BCUT2D eigenvalue weighted by molar-refractivity contribution is 5.98. The smallest absolute Gasteiger partial charge is 0.407 e. The molecule has 5 N–H and O–H groups in total. The molecule has 0 heterocycles. The van der Waals surface area contributed by atoms with Crippen molar-refractivity contribution in [1.82, 2.24) is 16.0 Å². The molecule has 9 heteroatoms. The Kier molecular flexibility index (Phi) is 9.22. The lowest BCUT2D eigenvalue weighted by atomic mass is 9.95. The summed E-state index contributed by atoms with van der Waals surface area (Å²) in [6.45, 7) is 3.96. The van der Waals surface area contributed by atoms with Crippen LogP contribution in [0.4, 0.5) is 4.79 Å². The van der Waals surface area contributed by atoms with E-state index < -0.39 is 6.09 Å². The minimum Gasteiger partial charge on any atom is -0.449 e. The lowest BCUT2D eigenvalue weighted by molar-refractivity contribution is 0.0937. The van der Waals surface area contributed by atoms with Gasteiger partial charge in [0, 0.05) is 36.2 Å². The van der Waals surface area contributed by atoms with Crippen LogP contribution in [0.15, 0.2) is 36.4 Å². The topological polar surface area (TPSA) is 137 Å². The number of rotatable bonds is 11. The molecule has 0 saturated carbocycles. The second-order valence-electron chi connectivity index (χ2n) is 8.55. The third kappa shape index (κ3) is 6.37. The number of aliphatic hydroxyl groups is 2. The molecule has 188 valence electrons. The number of fused-ring (bicyclic) bond motifs is 3. The molecule has 1 unspecified atom stereocenters. The maximum Gasteiger partial charge on any atom is 0.407 e. The average Bonchev–Trinajstić information content (AvgIpc) is 3.16. The van der Waals surface area contributed by atoms with Crippen LogP contribution >= 0.6 is 0 Å². The van der Waals surface area contributed by atoms with Gasteiger partial charge >= 0.3 is 6.09 Å². The zero-order valence-electron chi connectivity index (χ0n) is 20.1. The zero-order valence-corrected chi connectivity index (χ0v) is 20.1. The van der Waals surface area contributed by atoms with E-state index in [-0.39, 0.29) is 56.7 Å². The largest absolute Gasteiger partial charge is 0.449 e. The summed E-state index contributed by atoms with van der Waals surface area (Å²) in [5, 5.41) is 26.1. The molecule has 0 fully saturated rings. The van der Waals surface area contributed by atoms with Gasteiger partial charge in [-0.15, -0.1) is 0 Å². The van der Waals surface area contributed by atoms with Crippen LogP contribution in [-0.2, 0) is 4.74 Å². The Bertz CT molecular complexity index is 1000. The van der Waals surface area contributed by atoms with Gasteiger partial charge in [0.2, 0.25) is 0 Å². The van der Waals surface area contributed by atoms with Gasteiger partial charge in [0.05, 0.1) is 13.2 Å². The summed E-state index contributed by atoms with van der Waals surface area (Å²) in [4.78, 5) is 37.4. The van der Waals surface area contributed by atoms with Gasteiger partial charge in [0.1, 0.15) is 6.61 Å². The number of amides is 3. The summed E-state index contributed by atoms with van der Waals surface area (Å²) in [6, 6.07) is 10.6. The molecule has 1 aliphatic carbocycles. The van der Waals surface area contributed by atoms with Crippen LogP contribution in [-0.4, -0.2) is 67.1 Å². The van der Waals surface area contributed by atoms with Crippen LogP contribution in [0.2, 0.25) is 0 Å². The molecule has 0 aromatic heterocycles. The number of ether oxygens (including phenoxy) is 1. The van der Waals surface area contributed by atoms with Crippen molar-refractivity contribution in [3.63, 3.8) is 0 Å². The first-order valence-electron chi connectivity index (χ1n) is 11.9. The fourth-order valence-electron chi connectivity index (χ4n) is 4.27. The number of carbonyl (C=O) groups is 3. The highest BCUT2D eigenvalue weighted by Crippen LogP contribution is 2.45. The third-order valence-electron chi connectivity index (χ3n) is 5.93. The minimum absolute atomic E-state index is 0.0145. The standard InChI is InChI=1S/C26H33N3O6/c1-3-4-16(2)29-26(34)35-15-23-21-13-17(24(32)27-9-11-30)5-7-19(21)20-8-6-18(14-22(20)23)25(33)28-10-12-31/h5-8,13-14,16,23,30-31H,3-4,9-12,15H2,1-2H3,(H,27,32)(H,28,33)(H,29,34). The van der Waals surface area contributed by atoms with Crippen LogP contribution in [0.1, 0.15) is 64.4 Å². The molecule has 2 aromatic rings. The molecule has 0 bridgehead atoms. The molecular formula is C26H33N3O6. The molecule has 0 aliphatic heterocycles.